The molecule has 4 rings (SSSR count). The average Bonchev–Trinajstić information content (AvgIpc) is 3.41. The van der Waals surface area contributed by atoms with Crippen molar-refractivity contribution in [3.05, 3.63) is 59.4 Å². The van der Waals surface area contributed by atoms with Gasteiger partial charge in [-0.1, -0.05) is 12.5 Å². The number of ketones is 1. The van der Waals surface area contributed by atoms with Crippen LogP contribution in [0, 0.1) is 5.82 Å². The number of fused-ring (bicyclic) bond motifs is 1. The molecule has 1 fully saturated rings. The lowest BCUT2D eigenvalue weighted by atomic mass is 10.00. The van der Waals surface area contributed by atoms with Gasteiger partial charge >= 0.3 is 0 Å². The maximum Gasteiger partial charge on any atom is 0.220 e. The number of benzene rings is 2. The van der Waals surface area contributed by atoms with Crippen molar-refractivity contribution in [1.29, 1.82) is 0 Å². The van der Waals surface area contributed by atoms with Crippen LogP contribution in [0.15, 0.2) is 42.5 Å². The lowest BCUT2D eigenvalue weighted by Gasteiger charge is -2.29. The highest BCUT2D eigenvalue weighted by atomic mass is 19.1. The molecule has 0 bridgehead atoms. The van der Waals surface area contributed by atoms with Crippen molar-refractivity contribution in [2.24, 2.45) is 0 Å². The highest BCUT2D eigenvalue weighted by molar-refractivity contribution is 5.95. The topological polar surface area (TPSA) is 88.1 Å². The molecule has 0 saturated carbocycles. The Labute approximate surface area is 211 Å². The summed E-state index contributed by atoms with van der Waals surface area (Å²) in [6, 6.07) is 10.5. The Morgan fingerprint density at radius 2 is 1.64 bits per heavy atom. The average molecular weight is 499 g/mol. The number of rotatable bonds is 12. The van der Waals surface area contributed by atoms with Crippen LogP contribution in [0.2, 0.25) is 0 Å². The van der Waals surface area contributed by atoms with E-state index in [4.69, 9.17) is 9.47 Å². The van der Waals surface area contributed by atoms with E-state index in [0.717, 1.165) is 32.4 Å². The Morgan fingerprint density at radius 1 is 0.944 bits per heavy atom. The van der Waals surface area contributed by atoms with Crippen molar-refractivity contribution in [1.82, 2.24) is 10.2 Å². The van der Waals surface area contributed by atoms with Gasteiger partial charge in [-0.15, -0.1) is 0 Å². The number of hydrogen-bond donors (Lipinski definition) is 2. The molecule has 8 heteroatoms. The molecule has 2 heterocycles. The highest BCUT2D eigenvalue weighted by Crippen LogP contribution is 2.33. The fraction of sp³-hybridized carbons (Fsp3) is 0.500. The molecule has 2 aromatic rings. The molecular weight excluding hydrogens is 463 g/mol. The summed E-state index contributed by atoms with van der Waals surface area (Å²) in [5.74, 6) is 0.780. The quantitative estimate of drug-likeness (QED) is 0.339. The molecule has 0 unspecified atom stereocenters. The first-order valence-electron chi connectivity index (χ1n) is 12.9. The largest absolute Gasteiger partial charge is 0.486 e. The Bertz CT molecular complexity index is 1020. The number of aliphatic hydroxyl groups is 1. The van der Waals surface area contributed by atoms with Crippen LogP contribution in [0.4, 0.5) is 4.39 Å². The zero-order valence-electron chi connectivity index (χ0n) is 20.6. The molecule has 7 nitrogen and oxygen atoms in total. The van der Waals surface area contributed by atoms with Crippen molar-refractivity contribution in [3.63, 3.8) is 0 Å². The number of hydrogen-bond acceptors (Lipinski definition) is 6. The van der Waals surface area contributed by atoms with E-state index in [1.807, 2.05) is 6.07 Å². The summed E-state index contributed by atoms with van der Waals surface area (Å²) in [7, 11) is 0. The molecule has 2 aliphatic rings. The van der Waals surface area contributed by atoms with Crippen LogP contribution in [0.1, 0.15) is 67.0 Å². The van der Waals surface area contributed by atoms with E-state index >= 15 is 0 Å². The molecule has 0 radical (unpaired) electrons. The maximum absolute atomic E-state index is 13.0. The van der Waals surface area contributed by atoms with E-state index in [9.17, 15) is 19.1 Å². The Hall–Kier alpha value is -2.97. The van der Waals surface area contributed by atoms with Gasteiger partial charge in [-0.3, -0.25) is 9.59 Å². The van der Waals surface area contributed by atoms with Crippen molar-refractivity contribution >= 4 is 11.7 Å². The number of carbonyl (C=O) groups excluding carboxylic acids is 2. The fourth-order valence-electron chi connectivity index (χ4n) is 4.75. The SMILES string of the molecule is O=C(CCCCCC(=O)c1ccc(F)cc1)N[C@H](CN1CCCC1)[C@@H](O)c1ccc2c(c1)OCCO2. The van der Waals surface area contributed by atoms with Crippen molar-refractivity contribution in [3.8, 4) is 11.5 Å². The third kappa shape index (κ3) is 7.27. The lowest BCUT2D eigenvalue weighted by Crippen LogP contribution is -2.46. The first kappa shape index (κ1) is 26.1. The molecular formula is C28H35FN2O5. The van der Waals surface area contributed by atoms with E-state index in [-0.39, 0.29) is 17.5 Å². The molecule has 2 aromatic carbocycles. The third-order valence-corrected chi connectivity index (χ3v) is 6.76. The number of carbonyl (C=O) groups is 2. The minimum absolute atomic E-state index is 0.0207. The molecule has 2 aliphatic heterocycles. The van der Waals surface area contributed by atoms with Gasteiger partial charge in [0.25, 0.3) is 0 Å². The summed E-state index contributed by atoms with van der Waals surface area (Å²) in [5.41, 5.74) is 1.19. The Balaban J connectivity index is 1.27. The van der Waals surface area contributed by atoms with Crippen LogP contribution in [-0.2, 0) is 4.79 Å². The smallest absolute Gasteiger partial charge is 0.220 e. The maximum atomic E-state index is 13.0. The van der Waals surface area contributed by atoms with Gasteiger partial charge in [0.1, 0.15) is 25.1 Å². The summed E-state index contributed by atoms with van der Waals surface area (Å²) in [4.78, 5) is 27.2. The number of nitrogens with zero attached hydrogens (tertiary/aromatic N) is 1. The number of ether oxygens (including phenoxy) is 2. The molecule has 1 amide bonds. The number of Topliss-reactive ketones (excluding diaryl/α,β-unsaturated/α-hetero) is 1. The summed E-state index contributed by atoms with van der Waals surface area (Å²) in [5, 5.41) is 14.2. The number of aliphatic hydroxyl groups excluding tert-OH is 1. The number of nitrogens with one attached hydrogen (secondary N) is 1. The minimum Gasteiger partial charge on any atom is -0.486 e. The van der Waals surface area contributed by atoms with Gasteiger partial charge < -0.3 is 24.8 Å². The van der Waals surface area contributed by atoms with Crippen molar-refractivity contribution in [2.75, 3.05) is 32.8 Å². The number of unbranched alkanes of at least 4 members (excludes halogenated alkanes) is 2. The third-order valence-electron chi connectivity index (χ3n) is 6.76. The van der Waals surface area contributed by atoms with Crippen LogP contribution >= 0.6 is 0 Å². The zero-order chi connectivity index (χ0) is 25.3. The first-order chi connectivity index (χ1) is 17.5. The summed E-state index contributed by atoms with van der Waals surface area (Å²) in [6.07, 6.45) is 4.12. The number of likely N-dealkylation sites (tertiary alicyclic amines) is 1. The first-order valence-corrected chi connectivity index (χ1v) is 12.9. The molecule has 0 spiro atoms. The van der Waals surface area contributed by atoms with Crippen LogP contribution < -0.4 is 14.8 Å². The van der Waals surface area contributed by atoms with E-state index in [2.05, 4.69) is 10.2 Å². The normalized spacial score (nSPS) is 16.9. The van der Waals surface area contributed by atoms with E-state index in [1.54, 1.807) is 12.1 Å². The van der Waals surface area contributed by atoms with Gasteiger partial charge in [-0.05, 0) is 80.7 Å². The molecule has 194 valence electrons. The lowest BCUT2D eigenvalue weighted by molar-refractivity contribution is -0.123. The van der Waals surface area contributed by atoms with Gasteiger partial charge in [-0.2, -0.15) is 0 Å². The number of amides is 1. The molecule has 36 heavy (non-hydrogen) atoms. The summed E-state index contributed by atoms with van der Waals surface area (Å²) >= 11 is 0. The summed E-state index contributed by atoms with van der Waals surface area (Å²) < 4.78 is 24.3. The zero-order valence-corrected chi connectivity index (χ0v) is 20.6. The summed E-state index contributed by atoms with van der Waals surface area (Å²) in [6.45, 7) is 3.47. The molecule has 2 N–H and O–H groups in total. The van der Waals surface area contributed by atoms with E-state index in [0.29, 0.717) is 68.1 Å². The van der Waals surface area contributed by atoms with Crippen LogP contribution in [0.25, 0.3) is 0 Å². The van der Waals surface area contributed by atoms with Crippen molar-refractivity contribution in [2.45, 2.75) is 57.1 Å². The predicted molar refractivity (Wildman–Crippen MR) is 134 cm³/mol. The van der Waals surface area contributed by atoms with Gasteiger partial charge in [-0.25, -0.2) is 4.39 Å². The standard InChI is InChI=1S/C28H35FN2O5/c29-22-11-8-20(9-12-22)24(32)6-2-1-3-7-27(33)30-23(19-31-14-4-5-15-31)28(34)21-10-13-25-26(18-21)36-17-16-35-25/h8-13,18,23,28,34H,1-7,14-17,19H2,(H,30,33)/t23-,28+/m1/s1. The van der Waals surface area contributed by atoms with Gasteiger partial charge in [0, 0.05) is 24.9 Å². The van der Waals surface area contributed by atoms with Crippen LogP contribution in [0.3, 0.4) is 0 Å². The van der Waals surface area contributed by atoms with E-state index in [1.165, 1.54) is 24.3 Å². The second kappa shape index (κ2) is 12.8. The van der Waals surface area contributed by atoms with Gasteiger partial charge in [0.15, 0.2) is 17.3 Å². The monoisotopic (exact) mass is 498 g/mol. The molecule has 2 atom stereocenters. The predicted octanol–water partition coefficient (Wildman–Crippen LogP) is 4.04. The van der Waals surface area contributed by atoms with E-state index < -0.39 is 12.1 Å². The molecule has 0 aliphatic carbocycles. The Morgan fingerprint density at radius 3 is 2.39 bits per heavy atom. The van der Waals surface area contributed by atoms with Crippen LogP contribution in [-0.4, -0.2) is 60.6 Å². The number of halogens is 1. The fourth-order valence-corrected chi connectivity index (χ4v) is 4.75. The molecule has 0 aromatic heterocycles. The second-order valence-corrected chi connectivity index (χ2v) is 9.52. The highest BCUT2D eigenvalue weighted by Gasteiger charge is 2.27. The Kier molecular flexibility index (Phi) is 9.30. The van der Waals surface area contributed by atoms with Crippen LogP contribution in [0.5, 0.6) is 11.5 Å². The van der Waals surface area contributed by atoms with Gasteiger partial charge in [0.2, 0.25) is 5.91 Å². The molecule has 1 saturated heterocycles. The minimum atomic E-state index is -0.876. The second-order valence-electron chi connectivity index (χ2n) is 9.52. The van der Waals surface area contributed by atoms with Gasteiger partial charge in [0.05, 0.1) is 6.04 Å². The van der Waals surface area contributed by atoms with Crippen molar-refractivity contribution < 1.29 is 28.6 Å².